The summed E-state index contributed by atoms with van der Waals surface area (Å²) in [6, 6.07) is 6.14. The van der Waals surface area contributed by atoms with E-state index in [0.717, 1.165) is 25.4 Å². The van der Waals surface area contributed by atoms with E-state index in [4.69, 9.17) is 9.68 Å². The highest BCUT2D eigenvalue weighted by Crippen LogP contribution is 2.11. The normalized spacial score (nSPS) is 18.5. The summed E-state index contributed by atoms with van der Waals surface area (Å²) in [5, 5.41) is 12.1. The number of hydrogen-bond acceptors (Lipinski definition) is 4. The monoisotopic (exact) mass is 219 g/mol. The predicted octanol–water partition coefficient (Wildman–Crippen LogP) is 1.34. The van der Waals surface area contributed by atoms with Crippen LogP contribution in [0.5, 0.6) is 0 Å². The Hall–Kier alpha value is -1.31. The van der Waals surface area contributed by atoms with Gasteiger partial charge in [-0.1, -0.05) is 0 Å². The number of rotatable bonds is 3. The van der Waals surface area contributed by atoms with Crippen molar-refractivity contribution in [2.45, 2.75) is 25.4 Å². The molecule has 1 aromatic heterocycles. The van der Waals surface area contributed by atoms with Gasteiger partial charge >= 0.3 is 0 Å². The van der Waals surface area contributed by atoms with E-state index in [1.54, 1.807) is 6.07 Å². The van der Waals surface area contributed by atoms with Gasteiger partial charge in [-0.25, -0.2) is 0 Å². The lowest BCUT2D eigenvalue weighted by Gasteiger charge is -2.29. The molecule has 0 saturated carbocycles. The van der Waals surface area contributed by atoms with Gasteiger partial charge in [0.1, 0.15) is 11.8 Å². The van der Waals surface area contributed by atoms with Gasteiger partial charge in [0.25, 0.3) is 0 Å². The lowest BCUT2D eigenvalue weighted by Crippen LogP contribution is -2.40. The molecule has 16 heavy (non-hydrogen) atoms. The van der Waals surface area contributed by atoms with Gasteiger partial charge in [-0.15, -0.1) is 0 Å². The van der Waals surface area contributed by atoms with Crippen molar-refractivity contribution < 1.29 is 4.42 Å². The Bertz CT molecular complexity index is 372. The maximum Gasteiger partial charge on any atom is 0.203 e. The largest absolute Gasteiger partial charge is 0.449 e. The van der Waals surface area contributed by atoms with Gasteiger partial charge in [0.05, 0.1) is 6.54 Å². The summed E-state index contributed by atoms with van der Waals surface area (Å²) in [6.45, 7) is 3.02. The average molecular weight is 219 g/mol. The van der Waals surface area contributed by atoms with Crippen LogP contribution >= 0.6 is 0 Å². The second-order valence-electron chi connectivity index (χ2n) is 4.34. The van der Waals surface area contributed by atoms with E-state index in [-0.39, 0.29) is 0 Å². The van der Waals surface area contributed by atoms with Crippen LogP contribution in [0.2, 0.25) is 0 Å². The molecule has 86 valence electrons. The zero-order chi connectivity index (χ0) is 11.4. The molecule has 1 fully saturated rings. The molecule has 0 aromatic carbocycles. The number of furan rings is 1. The van der Waals surface area contributed by atoms with Gasteiger partial charge < -0.3 is 14.6 Å². The molecule has 1 aliphatic rings. The van der Waals surface area contributed by atoms with Crippen LogP contribution in [0.3, 0.4) is 0 Å². The zero-order valence-electron chi connectivity index (χ0n) is 9.57. The summed E-state index contributed by atoms with van der Waals surface area (Å²) < 4.78 is 5.31. The molecule has 4 nitrogen and oxygen atoms in total. The van der Waals surface area contributed by atoms with Crippen molar-refractivity contribution >= 4 is 0 Å². The van der Waals surface area contributed by atoms with E-state index < -0.39 is 0 Å². The molecule has 0 spiro atoms. The zero-order valence-corrected chi connectivity index (χ0v) is 9.57. The smallest absolute Gasteiger partial charge is 0.203 e. The fraction of sp³-hybridized carbons (Fsp3) is 0.583. The van der Waals surface area contributed by atoms with Crippen LogP contribution in [-0.4, -0.2) is 31.1 Å². The third-order valence-electron chi connectivity index (χ3n) is 3.06. The standard InChI is InChI=1S/C12H17N3O/c1-15-6-4-10(5-7-15)14-9-12-3-2-11(8-13)16-12/h2-3,10,14H,4-7,9H2,1H3. The molecule has 1 aromatic rings. The lowest BCUT2D eigenvalue weighted by atomic mass is 10.1. The van der Waals surface area contributed by atoms with E-state index in [1.165, 1.54) is 12.8 Å². The van der Waals surface area contributed by atoms with Gasteiger partial charge in [-0.05, 0) is 45.1 Å². The molecule has 0 bridgehead atoms. The van der Waals surface area contributed by atoms with Crippen LogP contribution in [-0.2, 0) is 6.54 Å². The molecule has 1 N–H and O–H groups in total. The number of nitrogens with one attached hydrogen (secondary N) is 1. The van der Waals surface area contributed by atoms with Crippen LogP contribution in [0.4, 0.5) is 0 Å². The Labute approximate surface area is 95.8 Å². The van der Waals surface area contributed by atoms with Crippen molar-refractivity contribution in [3.8, 4) is 6.07 Å². The summed E-state index contributed by atoms with van der Waals surface area (Å²) in [4.78, 5) is 2.35. The van der Waals surface area contributed by atoms with Gasteiger partial charge in [-0.3, -0.25) is 0 Å². The van der Waals surface area contributed by atoms with Crippen molar-refractivity contribution in [1.82, 2.24) is 10.2 Å². The molecule has 0 unspecified atom stereocenters. The number of hydrogen-bond donors (Lipinski definition) is 1. The molecule has 4 heteroatoms. The maximum absolute atomic E-state index is 8.63. The highest BCUT2D eigenvalue weighted by Gasteiger charge is 2.16. The molecule has 1 saturated heterocycles. The van der Waals surface area contributed by atoms with Crippen molar-refractivity contribution in [2.75, 3.05) is 20.1 Å². The second-order valence-corrected chi connectivity index (χ2v) is 4.34. The lowest BCUT2D eigenvalue weighted by molar-refractivity contribution is 0.231. The van der Waals surface area contributed by atoms with Crippen LogP contribution in [0, 0.1) is 11.3 Å². The molecular formula is C12H17N3O. The van der Waals surface area contributed by atoms with Crippen molar-refractivity contribution in [1.29, 1.82) is 5.26 Å². The highest BCUT2D eigenvalue weighted by atomic mass is 16.3. The first kappa shape index (κ1) is 11.2. The number of likely N-dealkylation sites (tertiary alicyclic amines) is 1. The van der Waals surface area contributed by atoms with Gasteiger partial charge in [0, 0.05) is 6.04 Å². The van der Waals surface area contributed by atoms with Crippen LogP contribution < -0.4 is 5.32 Å². The van der Waals surface area contributed by atoms with E-state index in [9.17, 15) is 0 Å². The first-order valence-corrected chi connectivity index (χ1v) is 5.68. The minimum Gasteiger partial charge on any atom is -0.449 e. The quantitative estimate of drug-likeness (QED) is 0.833. The minimum absolute atomic E-state index is 0.389. The Morgan fingerprint density at radius 1 is 1.50 bits per heavy atom. The van der Waals surface area contributed by atoms with E-state index in [1.807, 2.05) is 12.1 Å². The third-order valence-corrected chi connectivity index (χ3v) is 3.06. The average Bonchev–Trinajstić information content (AvgIpc) is 2.76. The maximum atomic E-state index is 8.63. The Kier molecular flexibility index (Phi) is 3.60. The van der Waals surface area contributed by atoms with Gasteiger partial charge in [0.15, 0.2) is 0 Å². The third kappa shape index (κ3) is 2.84. The highest BCUT2D eigenvalue weighted by molar-refractivity contribution is 5.18. The molecule has 0 aliphatic carbocycles. The van der Waals surface area contributed by atoms with Crippen molar-refractivity contribution in [2.24, 2.45) is 0 Å². The van der Waals surface area contributed by atoms with Crippen LogP contribution in [0.15, 0.2) is 16.5 Å². The van der Waals surface area contributed by atoms with Gasteiger partial charge in [0.2, 0.25) is 5.76 Å². The summed E-state index contributed by atoms with van der Waals surface area (Å²) in [5.41, 5.74) is 0. The predicted molar refractivity (Wildman–Crippen MR) is 60.8 cm³/mol. The molecule has 0 amide bonds. The van der Waals surface area contributed by atoms with E-state index >= 15 is 0 Å². The fourth-order valence-corrected chi connectivity index (χ4v) is 1.99. The Balaban J connectivity index is 1.77. The topological polar surface area (TPSA) is 52.2 Å². The molecular weight excluding hydrogens is 202 g/mol. The summed E-state index contributed by atoms with van der Waals surface area (Å²) in [5.74, 6) is 1.23. The SMILES string of the molecule is CN1CCC(NCc2ccc(C#N)o2)CC1. The Morgan fingerprint density at radius 2 is 2.25 bits per heavy atom. The van der Waals surface area contributed by atoms with Crippen LogP contribution in [0.25, 0.3) is 0 Å². The van der Waals surface area contributed by atoms with Crippen molar-refractivity contribution in [3.63, 3.8) is 0 Å². The molecule has 2 rings (SSSR count). The van der Waals surface area contributed by atoms with E-state index in [0.29, 0.717) is 11.8 Å². The molecule has 2 heterocycles. The minimum atomic E-state index is 0.389. The number of nitrogens with zero attached hydrogens (tertiary/aromatic N) is 2. The van der Waals surface area contributed by atoms with Gasteiger partial charge in [-0.2, -0.15) is 5.26 Å². The second kappa shape index (κ2) is 5.15. The summed E-state index contributed by atoms with van der Waals surface area (Å²) in [7, 11) is 2.15. The summed E-state index contributed by atoms with van der Waals surface area (Å²) >= 11 is 0. The Morgan fingerprint density at radius 3 is 2.88 bits per heavy atom. The molecule has 0 radical (unpaired) electrons. The summed E-state index contributed by atoms with van der Waals surface area (Å²) in [6.07, 6.45) is 2.37. The molecule has 0 atom stereocenters. The van der Waals surface area contributed by atoms with E-state index in [2.05, 4.69) is 17.3 Å². The first-order chi connectivity index (χ1) is 7.78. The number of piperidine rings is 1. The van der Waals surface area contributed by atoms with Crippen LogP contribution in [0.1, 0.15) is 24.4 Å². The van der Waals surface area contributed by atoms with Crippen molar-refractivity contribution in [3.05, 3.63) is 23.7 Å². The fourth-order valence-electron chi connectivity index (χ4n) is 1.99. The first-order valence-electron chi connectivity index (χ1n) is 5.68. The number of nitriles is 1. The molecule has 1 aliphatic heterocycles.